The molecule has 6 rings (SSSR count). The Kier molecular flexibility index (Phi) is 4.29. The van der Waals surface area contributed by atoms with Crippen molar-refractivity contribution in [1.82, 2.24) is 9.97 Å². The second-order valence-electron chi connectivity index (χ2n) is 8.48. The number of alkyl halides is 2. The van der Waals surface area contributed by atoms with Crippen LogP contribution in [0, 0.1) is 11.8 Å². The topological polar surface area (TPSA) is 85.9 Å². The van der Waals surface area contributed by atoms with E-state index in [0.717, 1.165) is 6.20 Å². The van der Waals surface area contributed by atoms with Crippen molar-refractivity contribution >= 4 is 11.8 Å². The minimum Gasteiger partial charge on any atom is -0.462 e. The molecule has 1 spiro atoms. The first-order valence-corrected chi connectivity index (χ1v) is 10.5. The molecule has 0 saturated carbocycles. The smallest absolute Gasteiger partial charge is 0.283 e. The number of halogens is 4. The highest BCUT2D eigenvalue weighted by molar-refractivity contribution is 5.78. The Hall–Kier alpha value is -3.89. The summed E-state index contributed by atoms with van der Waals surface area (Å²) in [5.41, 5.74) is 6.46. The van der Waals surface area contributed by atoms with Crippen LogP contribution in [0.25, 0.3) is 11.1 Å². The molecule has 0 aliphatic carbocycles. The molecular weight excluding hydrogens is 454 g/mol. The number of nitrogens with two attached hydrogens (primary N) is 1. The molecule has 3 aliphatic rings. The van der Waals surface area contributed by atoms with Gasteiger partial charge in [-0.1, -0.05) is 6.07 Å². The quantitative estimate of drug-likeness (QED) is 0.450. The molecule has 5 heterocycles. The molecule has 0 bridgehead atoms. The summed E-state index contributed by atoms with van der Waals surface area (Å²) < 4.78 is 67.9. The molecule has 174 valence electrons. The van der Waals surface area contributed by atoms with Crippen molar-refractivity contribution < 1.29 is 27.0 Å². The molecule has 2 aromatic heterocycles. The number of aromatic nitrogens is 2. The lowest BCUT2D eigenvalue weighted by atomic mass is 9.80. The molecule has 3 aliphatic heterocycles. The van der Waals surface area contributed by atoms with E-state index in [-0.39, 0.29) is 42.7 Å². The van der Waals surface area contributed by atoms with Crippen molar-refractivity contribution in [2.24, 2.45) is 10.7 Å². The predicted molar refractivity (Wildman–Crippen MR) is 114 cm³/mol. The van der Waals surface area contributed by atoms with Crippen LogP contribution in [-0.2, 0) is 10.3 Å². The van der Waals surface area contributed by atoms with Gasteiger partial charge in [0.15, 0.2) is 11.3 Å². The van der Waals surface area contributed by atoms with Crippen LogP contribution < -0.4 is 15.4 Å². The van der Waals surface area contributed by atoms with Crippen molar-refractivity contribution in [3.05, 3.63) is 65.6 Å². The Morgan fingerprint density at radius 3 is 2.59 bits per heavy atom. The van der Waals surface area contributed by atoms with E-state index in [9.17, 15) is 13.2 Å². The lowest BCUT2D eigenvalue weighted by Gasteiger charge is -2.34. The third-order valence-corrected chi connectivity index (χ3v) is 6.26. The summed E-state index contributed by atoms with van der Waals surface area (Å²) in [5, 5.41) is 0. The minimum atomic E-state index is -2.89. The summed E-state index contributed by atoms with van der Waals surface area (Å²) in [6.45, 7) is -0.602. The van der Waals surface area contributed by atoms with Crippen LogP contribution >= 0.6 is 0 Å². The maximum absolute atomic E-state index is 15.2. The number of ether oxygens (including phenoxy) is 2. The molecule has 1 atom stereocenters. The molecule has 3 aromatic rings. The Morgan fingerprint density at radius 1 is 1.03 bits per heavy atom. The van der Waals surface area contributed by atoms with E-state index in [1.165, 1.54) is 23.2 Å². The fourth-order valence-electron chi connectivity index (χ4n) is 4.64. The zero-order valence-corrected chi connectivity index (χ0v) is 17.6. The summed E-state index contributed by atoms with van der Waals surface area (Å²) in [6, 6.07) is 7.73. The fraction of sp³-hybridized carbons (Fsp3) is 0.261. The summed E-state index contributed by atoms with van der Waals surface area (Å²) in [4.78, 5) is 13.6. The maximum atomic E-state index is 15.2. The highest BCUT2D eigenvalue weighted by Crippen LogP contribution is 2.53. The van der Waals surface area contributed by atoms with E-state index >= 15 is 4.39 Å². The monoisotopic (exact) mass is 471 g/mol. The fourth-order valence-corrected chi connectivity index (χ4v) is 4.64. The molecule has 0 unspecified atom stereocenters. The van der Waals surface area contributed by atoms with E-state index in [4.69, 9.17) is 15.2 Å². The summed E-state index contributed by atoms with van der Waals surface area (Å²) in [7, 11) is 0. The van der Waals surface area contributed by atoms with Gasteiger partial charge in [-0.2, -0.15) is 9.37 Å². The SMILES string of the molecule is NC1=N[C@@]2(CO1)c1cc(-c3cncc(F)c3)ccc1Oc1c2cc(N2CCC(F)(F)C2)nc1F. The van der Waals surface area contributed by atoms with Crippen molar-refractivity contribution in [3.63, 3.8) is 0 Å². The number of hydrogen-bond acceptors (Lipinski definition) is 7. The molecular formula is C23H17F4N5O2. The molecule has 11 heteroatoms. The zero-order chi connectivity index (χ0) is 23.7. The summed E-state index contributed by atoms with van der Waals surface area (Å²) in [5.74, 6) is -4.17. The van der Waals surface area contributed by atoms with Crippen LogP contribution in [0.5, 0.6) is 11.5 Å². The van der Waals surface area contributed by atoms with Gasteiger partial charge in [-0.25, -0.2) is 18.2 Å². The lowest BCUT2D eigenvalue weighted by Crippen LogP contribution is -2.33. The van der Waals surface area contributed by atoms with Crippen LogP contribution in [0.3, 0.4) is 0 Å². The lowest BCUT2D eigenvalue weighted by molar-refractivity contribution is 0.0256. The number of aliphatic imine (C=N–C) groups is 1. The van der Waals surface area contributed by atoms with Crippen molar-refractivity contribution in [3.8, 4) is 22.6 Å². The van der Waals surface area contributed by atoms with Crippen LogP contribution in [-0.4, -0.2) is 41.6 Å². The number of pyridine rings is 2. The van der Waals surface area contributed by atoms with Gasteiger partial charge >= 0.3 is 0 Å². The highest BCUT2D eigenvalue weighted by Gasteiger charge is 2.49. The van der Waals surface area contributed by atoms with Crippen LogP contribution in [0.1, 0.15) is 17.5 Å². The average molecular weight is 471 g/mol. The largest absolute Gasteiger partial charge is 0.462 e. The van der Waals surface area contributed by atoms with Gasteiger partial charge in [-0.3, -0.25) is 4.98 Å². The molecule has 1 fully saturated rings. The van der Waals surface area contributed by atoms with Gasteiger partial charge in [-0.15, -0.1) is 0 Å². The number of hydrogen-bond donors (Lipinski definition) is 1. The molecule has 0 radical (unpaired) electrons. The third-order valence-electron chi connectivity index (χ3n) is 6.26. The van der Waals surface area contributed by atoms with Gasteiger partial charge in [0.05, 0.1) is 12.7 Å². The van der Waals surface area contributed by atoms with Crippen LogP contribution in [0.15, 0.2) is 47.7 Å². The predicted octanol–water partition coefficient (Wildman–Crippen LogP) is 3.96. The number of benzene rings is 1. The highest BCUT2D eigenvalue weighted by atomic mass is 19.3. The summed E-state index contributed by atoms with van der Waals surface area (Å²) in [6.07, 6.45) is 2.25. The molecule has 34 heavy (non-hydrogen) atoms. The number of amidine groups is 1. The number of rotatable bonds is 2. The van der Waals surface area contributed by atoms with Crippen molar-refractivity contribution in [1.29, 1.82) is 0 Å². The van der Waals surface area contributed by atoms with E-state index in [2.05, 4.69) is 15.0 Å². The van der Waals surface area contributed by atoms with Gasteiger partial charge < -0.3 is 20.1 Å². The number of fused-ring (bicyclic) bond motifs is 4. The third kappa shape index (κ3) is 3.14. The molecule has 1 saturated heterocycles. The maximum Gasteiger partial charge on any atom is 0.283 e. The van der Waals surface area contributed by atoms with Gasteiger partial charge in [0.2, 0.25) is 0 Å². The number of nitrogens with zero attached hydrogens (tertiary/aromatic N) is 4. The normalized spacial score (nSPS) is 22.1. The van der Waals surface area contributed by atoms with Gasteiger partial charge in [0.1, 0.15) is 24.0 Å². The Morgan fingerprint density at radius 2 is 1.88 bits per heavy atom. The average Bonchev–Trinajstić information content (AvgIpc) is 3.37. The molecule has 0 amide bonds. The first-order chi connectivity index (χ1) is 16.2. The van der Waals surface area contributed by atoms with E-state index in [0.29, 0.717) is 22.4 Å². The Bertz CT molecular complexity index is 1370. The van der Waals surface area contributed by atoms with Gasteiger partial charge in [-0.05, 0) is 29.8 Å². The molecule has 2 N–H and O–H groups in total. The minimum absolute atomic E-state index is 0.0291. The van der Waals surface area contributed by atoms with Gasteiger partial charge in [0.25, 0.3) is 17.9 Å². The summed E-state index contributed by atoms with van der Waals surface area (Å²) >= 11 is 0. The Balaban J connectivity index is 1.52. The first-order valence-electron chi connectivity index (χ1n) is 10.5. The zero-order valence-electron chi connectivity index (χ0n) is 17.6. The van der Waals surface area contributed by atoms with Crippen LogP contribution in [0.4, 0.5) is 23.4 Å². The first kappa shape index (κ1) is 20.7. The van der Waals surface area contributed by atoms with E-state index in [1.807, 2.05) is 0 Å². The van der Waals surface area contributed by atoms with Crippen LogP contribution in [0.2, 0.25) is 0 Å². The van der Waals surface area contributed by atoms with Gasteiger partial charge in [0, 0.05) is 35.9 Å². The second-order valence-corrected chi connectivity index (χ2v) is 8.48. The number of anilines is 1. The van der Waals surface area contributed by atoms with Crippen molar-refractivity contribution in [2.45, 2.75) is 17.9 Å². The molecule has 1 aromatic carbocycles. The Labute approximate surface area is 190 Å². The van der Waals surface area contributed by atoms with E-state index in [1.54, 1.807) is 18.2 Å². The molecule has 7 nitrogen and oxygen atoms in total. The second kappa shape index (κ2) is 7.05. The van der Waals surface area contributed by atoms with Crippen molar-refractivity contribution in [2.75, 3.05) is 24.6 Å². The van der Waals surface area contributed by atoms with E-state index < -0.39 is 29.8 Å². The standard InChI is InChI=1S/C23H17F4N5O2/c24-14-5-13(8-29-9-14)12-1-2-17-15(6-12)23(11-33-21(28)31-23)16-7-18(30-20(25)19(16)34-17)32-4-3-22(26,27)10-32/h1-2,5-9H,3-4,10-11H2,(H2,28,31)/t23-/m0/s1.